The summed E-state index contributed by atoms with van der Waals surface area (Å²) in [6.07, 6.45) is 6.06. The number of ether oxygens (including phenoxy) is 2. The topological polar surface area (TPSA) is 82.1 Å². The van der Waals surface area contributed by atoms with Crippen LogP contribution in [0.1, 0.15) is 53.9 Å². The largest absolute Gasteiger partial charge is 0.462 e. The highest BCUT2D eigenvalue weighted by Gasteiger charge is 2.53. The molecule has 6 heteroatoms. The van der Waals surface area contributed by atoms with Crippen molar-refractivity contribution in [2.75, 3.05) is 6.61 Å². The van der Waals surface area contributed by atoms with E-state index in [1.54, 1.807) is 13.8 Å². The maximum atomic E-state index is 12.5. The van der Waals surface area contributed by atoms with Crippen molar-refractivity contribution in [3.8, 4) is 0 Å². The molecule has 0 aromatic rings. The lowest BCUT2D eigenvalue weighted by Crippen LogP contribution is -2.36. The fourth-order valence-corrected chi connectivity index (χ4v) is 4.97. The Labute approximate surface area is 166 Å². The molecule has 28 heavy (non-hydrogen) atoms. The molecule has 2 aliphatic carbocycles. The van der Waals surface area contributed by atoms with Crippen molar-refractivity contribution in [2.24, 2.45) is 29.6 Å². The van der Waals surface area contributed by atoms with Gasteiger partial charge in [0, 0.05) is 18.4 Å². The summed E-state index contributed by atoms with van der Waals surface area (Å²) in [5.74, 6) is 0.761. The van der Waals surface area contributed by atoms with Crippen LogP contribution in [0.3, 0.4) is 0 Å². The van der Waals surface area contributed by atoms with Crippen molar-refractivity contribution >= 4 is 11.9 Å². The van der Waals surface area contributed by atoms with Crippen LogP contribution in [0.25, 0.3) is 0 Å². The molecule has 6 atom stereocenters. The first-order valence-electron chi connectivity index (χ1n) is 10.2. The highest BCUT2D eigenvalue weighted by Crippen LogP contribution is 2.56. The molecule has 0 saturated heterocycles. The third-order valence-electron chi connectivity index (χ3n) is 6.47. The number of hydrogen-bond donors (Lipinski definition) is 1. The highest BCUT2D eigenvalue weighted by atomic mass is 17.1. The van der Waals surface area contributed by atoms with E-state index in [-0.39, 0.29) is 29.9 Å². The number of hydrogen-bond acceptors (Lipinski definition) is 6. The van der Waals surface area contributed by atoms with Crippen LogP contribution in [0.4, 0.5) is 0 Å². The molecule has 1 saturated carbocycles. The minimum absolute atomic E-state index is 0.0582. The number of esters is 2. The number of carbonyl (C=O) groups excluding carboxylic acids is 2. The lowest BCUT2D eigenvalue weighted by molar-refractivity contribution is -0.297. The van der Waals surface area contributed by atoms with Crippen LogP contribution in [0, 0.1) is 29.6 Å². The average Bonchev–Trinajstić information content (AvgIpc) is 3.30. The Hall–Kier alpha value is -1.66. The molecule has 156 valence electrons. The molecule has 0 aromatic carbocycles. The lowest BCUT2D eigenvalue weighted by atomic mass is 9.74. The Morgan fingerprint density at radius 2 is 2.11 bits per heavy atom. The van der Waals surface area contributed by atoms with E-state index in [2.05, 4.69) is 18.7 Å². The van der Waals surface area contributed by atoms with Crippen LogP contribution >= 0.6 is 0 Å². The molecule has 0 bridgehead atoms. The molecule has 3 rings (SSSR count). The minimum Gasteiger partial charge on any atom is -0.462 e. The number of fused-ring (bicyclic) bond motifs is 2. The van der Waals surface area contributed by atoms with Crippen molar-refractivity contribution in [3.05, 3.63) is 23.3 Å². The van der Waals surface area contributed by atoms with Gasteiger partial charge in [0.2, 0.25) is 0 Å². The summed E-state index contributed by atoms with van der Waals surface area (Å²) in [5, 5.41) is 8.96. The Morgan fingerprint density at radius 3 is 2.75 bits per heavy atom. The normalized spacial score (nSPS) is 33.6. The standard InChI is InChI=1S/C22H32O6/c1-12(7-6-8-22(4,5)28-25)19-17-11-26-21(24)20(17)16-10-15(16)13(2)9-18(19)27-14(3)23/h6,8,12-13,15-16,18-19,25H,7,9-11H2,1-5H3/b8-6-/t12-,13-,15+,16+,18-,19+/m1/s1. The van der Waals surface area contributed by atoms with E-state index in [1.807, 2.05) is 12.2 Å². The van der Waals surface area contributed by atoms with E-state index in [0.717, 1.165) is 24.0 Å². The van der Waals surface area contributed by atoms with Gasteiger partial charge in [-0.1, -0.05) is 26.0 Å². The molecular weight excluding hydrogens is 360 g/mol. The van der Waals surface area contributed by atoms with Gasteiger partial charge in [-0.25, -0.2) is 9.68 Å². The maximum Gasteiger partial charge on any atom is 0.334 e. The fourth-order valence-electron chi connectivity index (χ4n) is 4.97. The van der Waals surface area contributed by atoms with Crippen molar-refractivity contribution in [1.29, 1.82) is 0 Å². The summed E-state index contributed by atoms with van der Waals surface area (Å²) >= 11 is 0. The minimum atomic E-state index is -0.761. The first-order valence-corrected chi connectivity index (χ1v) is 10.2. The van der Waals surface area contributed by atoms with Crippen molar-refractivity contribution in [3.63, 3.8) is 0 Å². The molecule has 0 radical (unpaired) electrons. The summed E-state index contributed by atoms with van der Waals surface area (Å²) in [7, 11) is 0. The average molecular weight is 392 g/mol. The van der Waals surface area contributed by atoms with Crippen LogP contribution in [0.15, 0.2) is 23.3 Å². The smallest absolute Gasteiger partial charge is 0.334 e. The number of carbonyl (C=O) groups is 2. The van der Waals surface area contributed by atoms with E-state index in [1.165, 1.54) is 6.92 Å². The summed E-state index contributed by atoms with van der Waals surface area (Å²) in [6, 6.07) is 0. The monoisotopic (exact) mass is 392 g/mol. The summed E-state index contributed by atoms with van der Waals surface area (Å²) in [6.45, 7) is 9.58. The number of rotatable bonds is 6. The van der Waals surface area contributed by atoms with Gasteiger partial charge in [-0.05, 0) is 62.4 Å². The number of allylic oxidation sites excluding steroid dienone is 1. The Balaban J connectivity index is 1.91. The molecule has 1 fully saturated rings. The second kappa shape index (κ2) is 7.99. The van der Waals surface area contributed by atoms with Gasteiger partial charge in [0.15, 0.2) is 0 Å². The van der Waals surface area contributed by atoms with E-state index in [9.17, 15) is 9.59 Å². The summed E-state index contributed by atoms with van der Waals surface area (Å²) in [5.41, 5.74) is 1.10. The molecule has 0 spiro atoms. The van der Waals surface area contributed by atoms with Crippen LogP contribution in [-0.2, 0) is 24.0 Å². The molecule has 1 heterocycles. The van der Waals surface area contributed by atoms with Gasteiger partial charge in [-0.2, -0.15) is 0 Å². The number of cyclic esters (lactones) is 1. The first-order chi connectivity index (χ1) is 13.1. The van der Waals surface area contributed by atoms with E-state index in [4.69, 9.17) is 14.7 Å². The van der Waals surface area contributed by atoms with Crippen molar-refractivity contribution < 1.29 is 29.2 Å². The third-order valence-corrected chi connectivity index (χ3v) is 6.47. The van der Waals surface area contributed by atoms with E-state index < -0.39 is 5.60 Å². The SMILES string of the molecule is CC(=O)O[C@@H]1C[C@@H](C)[C@@H]2C[C@@H]2C2=C(COC2=O)[C@@H]1[C@H](C)C/C=C\C(C)(C)OO. The third kappa shape index (κ3) is 4.33. The van der Waals surface area contributed by atoms with Gasteiger partial charge < -0.3 is 9.47 Å². The van der Waals surface area contributed by atoms with Crippen LogP contribution in [-0.4, -0.2) is 35.5 Å². The van der Waals surface area contributed by atoms with Crippen LogP contribution < -0.4 is 0 Å². The quantitative estimate of drug-likeness (QED) is 0.319. The van der Waals surface area contributed by atoms with Crippen LogP contribution in [0.5, 0.6) is 0 Å². The molecule has 6 nitrogen and oxygen atoms in total. The molecule has 0 amide bonds. The Morgan fingerprint density at radius 1 is 1.39 bits per heavy atom. The van der Waals surface area contributed by atoms with Crippen molar-refractivity contribution in [2.45, 2.75) is 65.6 Å². The summed E-state index contributed by atoms with van der Waals surface area (Å²) in [4.78, 5) is 28.7. The molecule has 0 unspecified atom stereocenters. The van der Waals surface area contributed by atoms with Gasteiger partial charge in [-0.15, -0.1) is 0 Å². The predicted molar refractivity (Wildman–Crippen MR) is 103 cm³/mol. The Bertz CT molecular complexity index is 691. The first kappa shape index (κ1) is 21.1. The van der Waals surface area contributed by atoms with E-state index in [0.29, 0.717) is 30.8 Å². The molecule has 0 aromatic heterocycles. The lowest BCUT2D eigenvalue weighted by Gasteiger charge is -2.35. The molecule has 1 aliphatic heterocycles. The van der Waals surface area contributed by atoms with Crippen LogP contribution in [0.2, 0.25) is 0 Å². The molecule has 1 N–H and O–H groups in total. The van der Waals surface area contributed by atoms with Gasteiger partial charge in [-0.3, -0.25) is 10.1 Å². The predicted octanol–water partition coefficient (Wildman–Crippen LogP) is 3.91. The summed E-state index contributed by atoms with van der Waals surface area (Å²) < 4.78 is 11.2. The zero-order valence-electron chi connectivity index (χ0n) is 17.4. The van der Waals surface area contributed by atoms with Crippen molar-refractivity contribution in [1.82, 2.24) is 0 Å². The second-order valence-corrected chi connectivity index (χ2v) is 9.22. The fraction of sp³-hybridized carbons (Fsp3) is 0.727. The zero-order chi connectivity index (χ0) is 20.6. The Kier molecular flexibility index (Phi) is 6.01. The van der Waals surface area contributed by atoms with Gasteiger partial charge in [0.25, 0.3) is 0 Å². The second-order valence-electron chi connectivity index (χ2n) is 9.22. The van der Waals surface area contributed by atoms with E-state index >= 15 is 0 Å². The maximum absolute atomic E-state index is 12.5. The van der Waals surface area contributed by atoms with Gasteiger partial charge in [0.1, 0.15) is 18.3 Å². The zero-order valence-corrected chi connectivity index (χ0v) is 17.4. The molecule has 3 aliphatic rings. The van der Waals surface area contributed by atoms with Gasteiger partial charge in [0.05, 0.1) is 0 Å². The molecular formula is C22H32O6. The van der Waals surface area contributed by atoms with Gasteiger partial charge >= 0.3 is 11.9 Å². The highest BCUT2D eigenvalue weighted by molar-refractivity contribution is 5.93.